The first-order chi connectivity index (χ1) is 13.5. The zero-order chi connectivity index (χ0) is 19.7. The predicted octanol–water partition coefficient (Wildman–Crippen LogP) is 2.89. The van der Waals surface area contributed by atoms with E-state index in [1.165, 1.54) is 0 Å². The topological polar surface area (TPSA) is 92.3 Å². The Bertz CT molecular complexity index is 933. The van der Waals surface area contributed by atoms with E-state index in [1.807, 2.05) is 13.0 Å². The zero-order valence-corrected chi connectivity index (χ0v) is 15.8. The number of carbonyl (C=O) groups is 3. The van der Waals surface area contributed by atoms with Gasteiger partial charge in [-0.2, -0.15) is 10.2 Å². The molecule has 1 saturated heterocycles. The first-order valence-electron chi connectivity index (χ1n) is 9.56. The molecule has 0 atom stereocenters. The van der Waals surface area contributed by atoms with Crippen molar-refractivity contribution in [1.82, 2.24) is 20.4 Å². The number of hydrogen-bond acceptors (Lipinski definition) is 5. The molecule has 2 fully saturated rings. The Morgan fingerprint density at radius 1 is 1.11 bits per heavy atom. The number of Topliss-reactive ketones (excluding diaryl/α,β-unsaturated/α-hetero) is 1. The first-order valence-corrected chi connectivity index (χ1v) is 9.56. The van der Waals surface area contributed by atoms with Crippen LogP contribution in [0, 0.1) is 6.92 Å². The highest BCUT2D eigenvalue weighted by atomic mass is 16.2. The van der Waals surface area contributed by atoms with Gasteiger partial charge >= 0.3 is 6.03 Å². The van der Waals surface area contributed by atoms with Crippen molar-refractivity contribution in [3.05, 3.63) is 47.7 Å². The summed E-state index contributed by atoms with van der Waals surface area (Å²) in [7, 11) is 0. The molecule has 2 heterocycles. The van der Waals surface area contributed by atoms with Gasteiger partial charge in [0.1, 0.15) is 5.54 Å². The van der Waals surface area contributed by atoms with Crippen molar-refractivity contribution >= 4 is 17.7 Å². The molecule has 4 rings (SSSR count). The Balaban J connectivity index is 1.49. The Labute approximate surface area is 163 Å². The minimum atomic E-state index is -0.803. The van der Waals surface area contributed by atoms with Gasteiger partial charge in [-0.25, -0.2) is 4.79 Å². The van der Waals surface area contributed by atoms with Crippen LogP contribution in [0.25, 0.3) is 11.3 Å². The molecule has 1 saturated carbocycles. The fraction of sp³-hybridized carbons (Fsp3) is 0.381. The number of nitrogens with one attached hydrogen (secondary N) is 1. The highest BCUT2D eigenvalue weighted by Gasteiger charge is 2.51. The van der Waals surface area contributed by atoms with Gasteiger partial charge in [0, 0.05) is 17.3 Å². The molecule has 0 bridgehead atoms. The third-order valence-corrected chi connectivity index (χ3v) is 5.66. The molecular weight excluding hydrogens is 356 g/mol. The van der Waals surface area contributed by atoms with Crippen molar-refractivity contribution in [2.45, 2.75) is 44.6 Å². The molecular formula is C21H22N4O3. The lowest BCUT2D eigenvalue weighted by atomic mass is 9.82. The fourth-order valence-corrected chi connectivity index (χ4v) is 4.04. The van der Waals surface area contributed by atoms with Gasteiger partial charge in [-0.1, -0.05) is 43.5 Å². The number of aryl methyl sites for hydroxylation is 1. The molecule has 144 valence electrons. The van der Waals surface area contributed by atoms with Crippen LogP contribution < -0.4 is 5.32 Å². The summed E-state index contributed by atoms with van der Waals surface area (Å²) in [5.41, 5.74) is 2.26. The van der Waals surface area contributed by atoms with Crippen LogP contribution in [0.4, 0.5) is 4.79 Å². The number of aromatic nitrogens is 2. The molecule has 7 heteroatoms. The Kier molecular flexibility index (Phi) is 4.66. The number of benzene rings is 1. The molecule has 2 aromatic rings. The summed E-state index contributed by atoms with van der Waals surface area (Å²) in [5, 5.41) is 10.9. The standard InChI is InChI=1S/C21H22N4O3/c1-14-9-12-22-24-18(14)16-7-5-15(6-8-16)17(26)13-25-19(27)21(23-20(25)28)10-3-2-4-11-21/h5-9,12H,2-4,10-11,13H2,1H3,(H,23,28). The van der Waals surface area contributed by atoms with Crippen LogP contribution in [0.2, 0.25) is 0 Å². The highest BCUT2D eigenvalue weighted by Crippen LogP contribution is 2.33. The quantitative estimate of drug-likeness (QED) is 0.652. The fourth-order valence-electron chi connectivity index (χ4n) is 4.04. The van der Waals surface area contributed by atoms with Crippen LogP contribution in [0.15, 0.2) is 36.5 Å². The summed E-state index contributed by atoms with van der Waals surface area (Å²) in [6, 6.07) is 8.41. The Hall–Kier alpha value is -3.09. The third-order valence-electron chi connectivity index (χ3n) is 5.66. The maximum Gasteiger partial charge on any atom is 0.325 e. The largest absolute Gasteiger partial charge is 0.325 e. The summed E-state index contributed by atoms with van der Waals surface area (Å²) in [6.07, 6.45) is 5.83. The summed E-state index contributed by atoms with van der Waals surface area (Å²) in [5.74, 6) is -0.531. The average molecular weight is 378 g/mol. The lowest BCUT2D eigenvalue weighted by molar-refractivity contribution is -0.132. The van der Waals surface area contributed by atoms with Gasteiger partial charge in [0.2, 0.25) is 0 Å². The second-order valence-corrected chi connectivity index (χ2v) is 7.53. The summed E-state index contributed by atoms with van der Waals surface area (Å²) in [4.78, 5) is 38.9. The smallest absolute Gasteiger partial charge is 0.323 e. The summed E-state index contributed by atoms with van der Waals surface area (Å²) in [6.45, 7) is 1.71. The molecule has 3 amide bonds. The zero-order valence-electron chi connectivity index (χ0n) is 15.8. The van der Waals surface area contributed by atoms with E-state index in [4.69, 9.17) is 0 Å². The van der Waals surface area contributed by atoms with Crippen molar-refractivity contribution in [2.24, 2.45) is 0 Å². The van der Waals surface area contributed by atoms with Crippen molar-refractivity contribution < 1.29 is 14.4 Å². The highest BCUT2D eigenvalue weighted by molar-refractivity contribution is 6.11. The van der Waals surface area contributed by atoms with Crippen LogP contribution >= 0.6 is 0 Å². The monoisotopic (exact) mass is 378 g/mol. The number of urea groups is 1. The van der Waals surface area contributed by atoms with Gasteiger partial charge in [-0.05, 0) is 31.4 Å². The first kappa shape index (κ1) is 18.3. The Morgan fingerprint density at radius 2 is 1.82 bits per heavy atom. The van der Waals surface area contributed by atoms with Gasteiger partial charge in [0.25, 0.3) is 5.91 Å². The van der Waals surface area contributed by atoms with E-state index in [2.05, 4.69) is 15.5 Å². The number of amides is 3. The van der Waals surface area contributed by atoms with E-state index >= 15 is 0 Å². The molecule has 1 aromatic heterocycles. The number of ketones is 1. The van der Waals surface area contributed by atoms with Crippen molar-refractivity contribution in [1.29, 1.82) is 0 Å². The molecule has 1 aliphatic heterocycles. The number of nitrogens with zero attached hydrogens (tertiary/aromatic N) is 3. The second-order valence-electron chi connectivity index (χ2n) is 7.53. The van der Waals surface area contributed by atoms with Crippen LogP contribution in [-0.2, 0) is 4.79 Å². The molecule has 0 unspecified atom stereocenters. The molecule has 7 nitrogen and oxygen atoms in total. The van der Waals surface area contributed by atoms with E-state index < -0.39 is 11.6 Å². The van der Waals surface area contributed by atoms with Gasteiger partial charge in [-0.3, -0.25) is 14.5 Å². The van der Waals surface area contributed by atoms with Crippen LogP contribution in [0.5, 0.6) is 0 Å². The predicted molar refractivity (Wildman–Crippen MR) is 103 cm³/mol. The van der Waals surface area contributed by atoms with Gasteiger partial charge in [0.15, 0.2) is 5.78 Å². The molecule has 28 heavy (non-hydrogen) atoms. The minimum Gasteiger partial charge on any atom is -0.323 e. The number of hydrogen-bond donors (Lipinski definition) is 1. The molecule has 1 N–H and O–H groups in total. The number of rotatable bonds is 4. The average Bonchev–Trinajstić information content (AvgIpc) is 2.93. The third kappa shape index (κ3) is 3.17. The molecule has 0 radical (unpaired) electrons. The molecule has 1 aliphatic carbocycles. The van der Waals surface area contributed by atoms with Crippen LogP contribution in [-0.4, -0.2) is 44.9 Å². The Morgan fingerprint density at radius 3 is 2.50 bits per heavy atom. The normalized spacial score (nSPS) is 18.4. The molecule has 2 aliphatic rings. The van der Waals surface area contributed by atoms with Crippen LogP contribution in [0.1, 0.15) is 48.0 Å². The maximum absolute atomic E-state index is 12.8. The number of imide groups is 1. The van der Waals surface area contributed by atoms with E-state index in [9.17, 15) is 14.4 Å². The SMILES string of the molecule is Cc1ccnnc1-c1ccc(C(=O)CN2C(=O)NC3(CCCCC3)C2=O)cc1. The lowest BCUT2D eigenvalue weighted by Crippen LogP contribution is -2.48. The molecule has 1 spiro atoms. The maximum atomic E-state index is 12.8. The van der Waals surface area contributed by atoms with E-state index in [0.717, 1.165) is 41.0 Å². The summed E-state index contributed by atoms with van der Waals surface area (Å²) >= 11 is 0. The lowest BCUT2D eigenvalue weighted by Gasteiger charge is -2.30. The molecule has 1 aromatic carbocycles. The minimum absolute atomic E-state index is 0.240. The van der Waals surface area contributed by atoms with Crippen molar-refractivity contribution in [2.75, 3.05) is 6.54 Å². The van der Waals surface area contributed by atoms with Gasteiger partial charge in [-0.15, -0.1) is 0 Å². The number of carbonyl (C=O) groups excluding carboxylic acids is 3. The van der Waals surface area contributed by atoms with Gasteiger partial charge < -0.3 is 5.32 Å². The van der Waals surface area contributed by atoms with Gasteiger partial charge in [0.05, 0.1) is 12.2 Å². The summed E-state index contributed by atoms with van der Waals surface area (Å²) < 4.78 is 0. The van der Waals surface area contributed by atoms with E-state index in [1.54, 1.807) is 30.5 Å². The van der Waals surface area contributed by atoms with Crippen molar-refractivity contribution in [3.63, 3.8) is 0 Å². The van der Waals surface area contributed by atoms with Crippen LogP contribution in [0.3, 0.4) is 0 Å². The van der Waals surface area contributed by atoms with E-state index in [-0.39, 0.29) is 18.2 Å². The van der Waals surface area contributed by atoms with Crippen molar-refractivity contribution in [3.8, 4) is 11.3 Å². The second kappa shape index (κ2) is 7.14. The van der Waals surface area contributed by atoms with E-state index in [0.29, 0.717) is 18.4 Å².